The monoisotopic (exact) mass is 453 g/mol. The first-order valence-electron chi connectivity index (χ1n) is 9.79. The van der Waals surface area contributed by atoms with Crippen LogP contribution in [0.25, 0.3) is 0 Å². The van der Waals surface area contributed by atoms with E-state index in [0.717, 1.165) is 11.3 Å². The Labute approximate surface area is 186 Å². The number of rotatable bonds is 9. The van der Waals surface area contributed by atoms with Crippen LogP contribution in [0, 0.1) is 0 Å². The van der Waals surface area contributed by atoms with Crippen molar-refractivity contribution >= 4 is 27.5 Å². The second kappa shape index (κ2) is 10.6. The first-order valence-corrected chi connectivity index (χ1v) is 11.3. The van der Waals surface area contributed by atoms with E-state index in [0.29, 0.717) is 17.8 Å². The summed E-state index contributed by atoms with van der Waals surface area (Å²) in [5, 5.41) is 10.6. The summed E-state index contributed by atoms with van der Waals surface area (Å²) in [4.78, 5) is 24.3. The molecule has 0 aliphatic carbocycles. The van der Waals surface area contributed by atoms with Crippen molar-refractivity contribution in [3.8, 4) is 5.75 Å². The van der Waals surface area contributed by atoms with Gasteiger partial charge in [0, 0.05) is 17.8 Å². The van der Waals surface area contributed by atoms with Crippen molar-refractivity contribution in [3.63, 3.8) is 0 Å². The molecule has 0 unspecified atom stereocenters. The Balaban J connectivity index is 1.44. The number of sulfonamides is 1. The summed E-state index contributed by atoms with van der Waals surface area (Å²) in [6.45, 7) is 0.619. The largest absolute Gasteiger partial charge is 0.493 e. The van der Waals surface area contributed by atoms with Gasteiger partial charge < -0.3 is 15.4 Å². The first kappa shape index (κ1) is 23.0. The molecule has 0 spiro atoms. The lowest BCUT2D eigenvalue weighted by atomic mass is 10.1. The number of carbonyl (C=O) groups is 2. The van der Waals surface area contributed by atoms with Crippen molar-refractivity contribution < 1.29 is 22.7 Å². The van der Waals surface area contributed by atoms with Gasteiger partial charge >= 0.3 is 0 Å². The predicted octanol–water partition coefficient (Wildman–Crippen LogP) is 2.67. The van der Waals surface area contributed by atoms with Crippen molar-refractivity contribution in [1.29, 1.82) is 0 Å². The van der Waals surface area contributed by atoms with Gasteiger partial charge in [-0.1, -0.05) is 30.3 Å². The van der Waals surface area contributed by atoms with Crippen LogP contribution in [0.5, 0.6) is 5.75 Å². The van der Waals surface area contributed by atoms with Crippen LogP contribution in [0.4, 0.5) is 5.69 Å². The van der Waals surface area contributed by atoms with Crippen molar-refractivity contribution in [2.24, 2.45) is 5.14 Å². The van der Waals surface area contributed by atoms with Gasteiger partial charge in [0.2, 0.25) is 15.9 Å². The molecule has 3 aromatic carbocycles. The minimum Gasteiger partial charge on any atom is -0.493 e. The van der Waals surface area contributed by atoms with Crippen LogP contribution in [0.3, 0.4) is 0 Å². The van der Waals surface area contributed by atoms with Gasteiger partial charge in [0.25, 0.3) is 5.91 Å². The molecule has 0 radical (unpaired) electrons. The molecule has 4 N–H and O–H groups in total. The van der Waals surface area contributed by atoms with Crippen molar-refractivity contribution in [1.82, 2.24) is 5.32 Å². The van der Waals surface area contributed by atoms with Crippen LogP contribution in [0.15, 0.2) is 83.8 Å². The van der Waals surface area contributed by atoms with E-state index in [1.165, 1.54) is 24.3 Å². The molecule has 9 heteroatoms. The van der Waals surface area contributed by atoms with E-state index < -0.39 is 10.0 Å². The summed E-state index contributed by atoms with van der Waals surface area (Å²) in [5.41, 5.74) is 1.71. The van der Waals surface area contributed by atoms with Crippen LogP contribution in [0.1, 0.15) is 22.3 Å². The van der Waals surface area contributed by atoms with E-state index in [4.69, 9.17) is 9.88 Å². The molecule has 8 nitrogen and oxygen atoms in total. The van der Waals surface area contributed by atoms with Crippen LogP contribution in [-0.4, -0.2) is 26.8 Å². The molecule has 0 saturated heterocycles. The molecular weight excluding hydrogens is 430 g/mol. The zero-order valence-corrected chi connectivity index (χ0v) is 18.0. The number of para-hydroxylation sites is 1. The lowest BCUT2D eigenvalue weighted by molar-refractivity contribution is -0.121. The van der Waals surface area contributed by atoms with E-state index in [9.17, 15) is 18.0 Å². The SMILES string of the molecule is NS(=O)(=O)c1ccc(NC(=O)c2ccc(CNC(=O)CCOc3ccccc3)cc2)cc1. The van der Waals surface area contributed by atoms with Gasteiger partial charge in [-0.25, -0.2) is 13.6 Å². The Hall–Kier alpha value is -3.69. The molecule has 0 saturated carbocycles. The van der Waals surface area contributed by atoms with Gasteiger partial charge in [0.1, 0.15) is 5.75 Å². The molecule has 0 aromatic heterocycles. The third kappa shape index (κ3) is 6.93. The fraction of sp³-hybridized carbons (Fsp3) is 0.130. The predicted molar refractivity (Wildman–Crippen MR) is 121 cm³/mol. The van der Waals surface area contributed by atoms with Gasteiger partial charge in [0.15, 0.2) is 0 Å². The second-order valence-corrected chi connectivity index (χ2v) is 8.47. The van der Waals surface area contributed by atoms with Crippen molar-refractivity contribution in [2.75, 3.05) is 11.9 Å². The highest BCUT2D eigenvalue weighted by molar-refractivity contribution is 7.89. The quantitative estimate of drug-likeness (QED) is 0.459. The Morgan fingerprint density at radius 2 is 1.53 bits per heavy atom. The summed E-state index contributed by atoms with van der Waals surface area (Å²) in [7, 11) is -3.78. The van der Waals surface area contributed by atoms with Gasteiger partial charge in [-0.05, 0) is 54.1 Å². The number of nitrogens with two attached hydrogens (primary N) is 1. The van der Waals surface area contributed by atoms with Crippen molar-refractivity contribution in [3.05, 3.63) is 90.0 Å². The number of hydrogen-bond acceptors (Lipinski definition) is 5. The number of anilines is 1. The summed E-state index contributed by atoms with van der Waals surface area (Å²) in [6.07, 6.45) is 0.236. The molecule has 0 aliphatic heterocycles. The molecule has 0 bridgehead atoms. The van der Waals surface area contributed by atoms with E-state index in [2.05, 4.69) is 10.6 Å². The highest BCUT2D eigenvalue weighted by Crippen LogP contribution is 2.14. The zero-order valence-electron chi connectivity index (χ0n) is 17.2. The standard InChI is InChI=1S/C23H23N3O5S/c24-32(29,30)21-12-10-19(11-13-21)26-23(28)18-8-6-17(7-9-18)16-25-22(27)14-15-31-20-4-2-1-3-5-20/h1-13H,14-16H2,(H,25,27)(H,26,28)(H2,24,29,30). The average molecular weight is 454 g/mol. The molecule has 3 rings (SSSR count). The molecule has 0 aliphatic rings. The van der Waals surface area contributed by atoms with E-state index in [-0.39, 0.29) is 29.7 Å². The van der Waals surface area contributed by atoms with Crippen LogP contribution >= 0.6 is 0 Å². The number of hydrogen-bond donors (Lipinski definition) is 3. The Kier molecular flexibility index (Phi) is 7.58. The molecule has 0 heterocycles. The molecule has 0 fully saturated rings. The number of primary sulfonamides is 1. The molecule has 2 amide bonds. The molecule has 32 heavy (non-hydrogen) atoms. The molecular formula is C23H23N3O5S. The Morgan fingerprint density at radius 3 is 2.16 bits per heavy atom. The third-order valence-corrected chi connectivity index (χ3v) is 5.42. The fourth-order valence-electron chi connectivity index (χ4n) is 2.77. The highest BCUT2D eigenvalue weighted by Gasteiger charge is 2.10. The van der Waals surface area contributed by atoms with Crippen LogP contribution in [-0.2, 0) is 21.4 Å². The maximum atomic E-state index is 12.4. The fourth-order valence-corrected chi connectivity index (χ4v) is 3.29. The third-order valence-electron chi connectivity index (χ3n) is 4.49. The average Bonchev–Trinajstić information content (AvgIpc) is 2.78. The number of amides is 2. The summed E-state index contributed by atoms with van der Waals surface area (Å²) >= 11 is 0. The first-order chi connectivity index (χ1) is 15.3. The molecule has 0 atom stereocenters. The molecule has 3 aromatic rings. The van der Waals surface area contributed by atoms with Crippen LogP contribution in [0.2, 0.25) is 0 Å². The smallest absolute Gasteiger partial charge is 0.255 e. The Bertz CT molecular complexity index is 1160. The normalized spacial score (nSPS) is 10.9. The summed E-state index contributed by atoms with van der Waals surface area (Å²) in [6, 6.07) is 21.6. The number of nitrogens with one attached hydrogen (secondary N) is 2. The number of carbonyl (C=O) groups excluding carboxylic acids is 2. The minimum atomic E-state index is -3.78. The van der Waals surface area contributed by atoms with Gasteiger partial charge in [-0.15, -0.1) is 0 Å². The maximum Gasteiger partial charge on any atom is 0.255 e. The lowest BCUT2D eigenvalue weighted by Crippen LogP contribution is -2.24. The van der Waals surface area contributed by atoms with E-state index in [1.807, 2.05) is 30.3 Å². The summed E-state index contributed by atoms with van der Waals surface area (Å²) in [5.74, 6) is 0.238. The van der Waals surface area contributed by atoms with Crippen LogP contribution < -0.4 is 20.5 Å². The van der Waals surface area contributed by atoms with E-state index in [1.54, 1.807) is 24.3 Å². The number of ether oxygens (including phenoxy) is 1. The number of benzene rings is 3. The minimum absolute atomic E-state index is 0.0338. The Morgan fingerprint density at radius 1 is 0.875 bits per heavy atom. The topological polar surface area (TPSA) is 128 Å². The van der Waals surface area contributed by atoms with Gasteiger partial charge in [-0.3, -0.25) is 9.59 Å². The van der Waals surface area contributed by atoms with E-state index >= 15 is 0 Å². The van der Waals surface area contributed by atoms with Crippen molar-refractivity contribution in [2.45, 2.75) is 17.9 Å². The van der Waals surface area contributed by atoms with Gasteiger partial charge in [0.05, 0.1) is 17.9 Å². The zero-order chi connectivity index (χ0) is 23.0. The van der Waals surface area contributed by atoms with Gasteiger partial charge in [-0.2, -0.15) is 0 Å². The maximum absolute atomic E-state index is 12.4. The highest BCUT2D eigenvalue weighted by atomic mass is 32.2. The lowest BCUT2D eigenvalue weighted by Gasteiger charge is -2.09. The second-order valence-electron chi connectivity index (χ2n) is 6.91. The molecule has 166 valence electrons. The summed E-state index contributed by atoms with van der Waals surface area (Å²) < 4.78 is 28.1.